The van der Waals surface area contributed by atoms with E-state index in [1.807, 2.05) is 0 Å². The van der Waals surface area contributed by atoms with Gasteiger partial charge in [0, 0.05) is 25.6 Å². The van der Waals surface area contributed by atoms with Crippen LogP contribution in [0.2, 0.25) is 0 Å². The summed E-state index contributed by atoms with van der Waals surface area (Å²) in [5.74, 6) is 1.16. The summed E-state index contributed by atoms with van der Waals surface area (Å²) in [7, 11) is 2.06. The first-order valence-electron chi connectivity index (χ1n) is 8.26. The zero-order valence-corrected chi connectivity index (χ0v) is 12.5. The highest BCUT2D eigenvalue weighted by atomic mass is 16.2. The van der Waals surface area contributed by atoms with Crippen LogP contribution >= 0.6 is 0 Å². The van der Waals surface area contributed by atoms with E-state index in [1.165, 1.54) is 51.4 Å². The van der Waals surface area contributed by atoms with Crippen LogP contribution in [0.1, 0.15) is 64.2 Å². The molecule has 1 unspecified atom stereocenters. The van der Waals surface area contributed by atoms with E-state index in [-0.39, 0.29) is 0 Å². The van der Waals surface area contributed by atoms with Crippen LogP contribution in [-0.4, -0.2) is 37.0 Å². The van der Waals surface area contributed by atoms with Crippen LogP contribution in [0.5, 0.6) is 0 Å². The molecule has 2 aliphatic rings. The summed E-state index contributed by atoms with van der Waals surface area (Å²) in [5, 5.41) is 3.48. The van der Waals surface area contributed by atoms with Crippen molar-refractivity contribution in [2.45, 2.75) is 70.3 Å². The lowest BCUT2D eigenvalue weighted by atomic mass is 9.83. The lowest BCUT2D eigenvalue weighted by molar-refractivity contribution is -0.132. The number of carbonyl (C=O) groups excluding carboxylic acids is 1. The number of rotatable bonds is 4. The number of nitrogens with zero attached hydrogens (tertiary/aromatic N) is 1. The van der Waals surface area contributed by atoms with Crippen molar-refractivity contribution in [3.63, 3.8) is 0 Å². The molecule has 0 spiro atoms. The maximum Gasteiger partial charge on any atom is 0.222 e. The van der Waals surface area contributed by atoms with Crippen LogP contribution in [-0.2, 0) is 4.79 Å². The molecular formula is C16H30N2O. The highest BCUT2D eigenvalue weighted by Crippen LogP contribution is 2.27. The molecule has 2 fully saturated rings. The van der Waals surface area contributed by atoms with Crippen molar-refractivity contribution >= 4 is 5.91 Å². The Morgan fingerprint density at radius 1 is 1.11 bits per heavy atom. The zero-order valence-electron chi connectivity index (χ0n) is 12.5. The van der Waals surface area contributed by atoms with Gasteiger partial charge in [0.2, 0.25) is 5.91 Å². The first-order valence-corrected chi connectivity index (χ1v) is 8.26. The Bertz CT molecular complexity index is 274. The molecule has 3 heteroatoms. The van der Waals surface area contributed by atoms with E-state index in [4.69, 9.17) is 0 Å². The fraction of sp³-hybridized carbons (Fsp3) is 0.938. The summed E-state index contributed by atoms with van der Waals surface area (Å²) in [4.78, 5) is 14.3. The second-order valence-electron chi connectivity index (χ2n) is 6.30. The molecule has 0 radical (unpaired) electrons. The number of likely N-dealkylation sites (tertiary alicyclic amines) is 1. The average molecular weight is 266 g/mol. The second kappa shape index (κ2) is 7.88. The summed E-state index contributed by atoms with van der Waals surface area (Å²) < 4.78 is 0. The predicted molar refractivity (Wildman–Crippen MR) is 79.1 cm³/mol. The zero-order chi connectivity index (χ0) is 13.5. The van der Waals surface area contributed by atoms with Crippen LogP contribution in [0.25, 0.3) is 0 Å². The van der Waals surface area contributed by atoms with Gasteiger partial charge in [0.15, 0.2) is 0 Å². The van der Waals surface area contributed by atoms with Gasteiger partial charge >= 0.3 is 0 Å². The number of amides is 1. The van der Waals surface area contributed by atoms with Crippen molar-refractivity contribution in [1.82, 2.24) is 10.2 Å². The van der Waals surface area contributed by atoms with Gasteiger partial charge < -0.3 is 10.2 Å². The van der Waals surface area contributed by atoms with Crippen molar-refractivity contribution in [2.75, 3.05) is 20.1 Å². The Balaban J connectivity index is 1.89. The Labute approximate surface area is 118 Å². The van der Waals surface area contributed by atoms with E-state index >= 15 is 0 Å². The van der Waals surface area contributed by atoms with E-state index in [9.17, 15) is 4.79 Å². The normalized spacial score (nSPS) is 24.9. The molecule has 19 heavy (non-hydrogen) atoms. The molecule has 110 valence electrons. The van der Waals surface area contributed by atoms with Crippen molar-refractivity contribution < 1.29 is 4.79 Å². The first kappa shape index (κ1) is 14.8. The summed E-state index contributed by atoms with van der Waals surface area (Å²) in [6.07, 6.45) is 12.4. The van der Waals surface area contributed by atoms with E-state index in [2.05, 4.69) is 17.3 Å². The highest BCUT2D eigenvalue weighted by molar-refractivity contribution is 5.76. The van der Waals surface area contributed by atoms with Crippen molar-refractivity contribution in [1.29, 1.82) is 0 Å². The van der Waals surface area contributed by atoms with Crippen LogP contribution in [0, 0.1) is 5.92 Å². The molecular weight excluding hydrogens is 236 g/mol. The largest absolute Gasteiger partial charge is 0.341 e. The minimum atomic E-state index is 0.385. The smallest absolute Gasteiger partial charge is 0.222 e. The summed E-state index contributed by atoms with van der Waals surface area (Å²) in [6, 6.07) is 0.503. The standard InChI is InChI=1S/C16H30N2O/c1-17-15(14-9-5-4-6-10-14)13-18-12-8-3-2-7-11-16(18)19/h14-15,17H,2-13H2,1H3. The van der Waals surface area contributed by atoms with E-state index in [1.54, 1.807) is 0 Å². The number of likely N-dealkylation sites (N-methyl/N-ethyl adjacent to an activating group) is 1. The molecule has 1 saturated heterocycles. The number of nitrogens with one attached hydrogen (secondary N) is 1. The fourth-order valence-corrected chi connectivity index (χ4v) is 3.66. The third-order valence-electron chi connectivity index (χ3n) is 4.93. The van der Waals surface area contributed by atoms with Crippen molar-refractivity contribution in [3.05, 3.63) is 0 Å². The topological polar surface area (TPSA) is 32.3 Å². The van der Waals surface area contributed by atoms with Gasteiger partial charge in [0.25, 0.3) is 0 Å². The Hall–Kier alpha value is -0.570. The minimum absolute atomic E-state index is 0.385. The van der Waals surface area contributed by atoms with Gasteiger partial charge in [0.1, 0.15) is 0 Å². The van der Waals surface area contributed by atoms with Gasteiger partial charge in [-0.2, -0.15) is 0 Å². The summed E-state index contributed by atoms with van der Waals surface area (Å²) in [6.45, 7) is 1.91. The first-order chi connectivity index (χ1) is 9.31. The molecule has 1 N–H and O–H groups in total. The molecule has 2 rings (SSSR count). The number of hydrogen-bond donors (Lipinski definition) is 1. The third kappa shape index (κ3) is 4.48. The SMILES string of the molecule is CNC(CN1CCCCCCC1=O)C1CCCCC1. The number of carbonyl (C=O) groups is 1. The van der Waals surface area contributed by atoms with Gasteiger partial charge in [-0.25, -0.2) is 0 Å². The van der Waals surface area contributed by atoms with Gasteiger partial charge in [-0.15, -0.1) is 0 Å². The Morgan fingerprint density at radius 3 is 2.53 bits per heavy atom. The van der Waals surface area contributed by atoms with Crippen LogP contribution in [0.3, 0.4) is 0 Å². The minimum Gasteiger partial charge on any atom is -0.341 e. The van der Waals surface area contributed by atoms with Crippen LogP contribution in [0.4, 0.5) is 0 Å². The fourth-order valence-electron chi connectivity index (χ4n) is 3.66. The van der Waals surface area contributed by atoms with Crippen molar-refractivity contribution in [2.24, 2.45) is 5.92 Å². The highest BCUT2D eigenvalue weighted by Gasteiger charge is 2.26. The molecule has 0 aromatic rings. The van der Waals surface area contributed by atoms with Gasteiger partial charge in [-0.1, -0.05) is 32.1 Å². The van der Waals surface area contributed by atoms with Gasteiger partial charge in [-0.3, -0.25) is 4.79 Å². The van der Waals surface area contributed by atoms with Crippen LogP contribution < -0.4 is 5.32 Å². The van der Waals surface area contributed by atoms with Gasteiger partial charge in [0.05, 0.1) is 0 Å². The molecule has 0 aromatic carbocycles. The third-order valence-corrected chi connectivity index (χ3v) is 4.93. The molecule has 1 atom stereocenters. The Morgan fingerprint density at radius 2 is 1.79 bits per heavy atom. The van der Waals surface area contributed by atoms with Gasteiger partial charge in [-0.05, 0) is 38.6 Å². The molecule has 0 bridgehead atoms. The Kier molecular flexibility index (Phi) is 6.15. The summed E-state index contributed by atoms with van der Waals surface area (Å²) >= 11 is 0. The molecule has 3 nitrogen and oxygen atoms in total. The maximum atomic E-state index is 12.2. The lowest BCUT2D eigenvalue weighted by Crippen LogP contribution is -2.47. The molecule has 0 aromatic heterocycles. The molecule has 1 aliphatic heterocycles. The van der Waals surface area contributed by atoms with Crippen LogP contribution in [0.15, 0.2) is 0 Å². The van der Waals surface area contributed by atoms with E-state index in [0.29, 0.717) is 11.9 Å². The van der Waals surface area contributed by atoms with Crippen molar-refractivity contribution in [3.8, 4) is 0 Å². The molecule has 1 heterocycles. The molecule has 1 amide bonds. The molecule has 1 saturated carbocycles. The quantitative estimate of drug-likeness (QED) is 0.848. The lowest BCUT2D eigenvalue weighted by Gasteiger charge is -2.35. The average Bonchev–Trinajstić information content (AvgIpc) is 2.44. The summed E-state index contributed by atoms with van der Waals surface area (Å²) in [5.41, 5.74) is 0. The molecule has 1 aliphatic carbocycles. The second-order valence-corrected chi connectivity index (χ2v) is 6.30. The predicted octanol–water partition coefficient (Wildman–Crippen LogP) is 2.95. The monoisotopic (exact) mass is 266 g/mol. The van der Waals surface area contributed by atoms with E-state index in [0.717, 1.165) is 31.8 Å². The number of hydrogen-bond acceptors (Lipinski definition) is 2. The maximum absolute atomic E-state index is 12.2. The van der Waals surface area contributed by atoms with E-state index < -0.39 is 0 Å².